The van der Waals surface area contributed by atoms with Crippen LogP contribution >= 0.6 is 12.6 Å². The first-order valence-electron chi connectivity index (χ1n) is 4.66. The highest BCUT2D eigenvalue weighted by Crippen LogP contribution is 2.16. The van der Waals surface area contributed by atoms with Crippen molar-refractivity contribution in [2.24, 2.45) is 0 Å². The second-order valence-electron chi connectivity index (χ2n) is 3.20. The van der Waals surface area contributed by atoms with Crippen LogP contribution in [0.3, 0.4) is 0 Å². The van der Waals surface area contributed by atoms with Crippen LogP contribution in [0.25, 0.3) is 0 Å². The van der Waals surface area contributed by atoms with E-state index in [1.165, 1.54) is 5.56 Å². The fourth-order valence-electron chi connectivity index (χ4n) is 1.43. The number of aliphatic carboxylic acids is 1. The van der Waals surface area contributed by atoms with Gasteiger partial charge >= 0.3 is 5.97 Å². The Bertz CT molecular complexity index is 334. The van der Waals surface area contributed by atoms with Crippen LogP contribution in [0.15, 0.2) is 23.1 Å². The Morgan fingerprint density at radius 3 is 2.71 bits per heavy atom. The van der Waals surface area contributed by atoms with Gasteiger partial charge in [-0.2, -0.15) is 0 Å². The summed E-state index contributed by atoms with van der Waals surface area (Å²) in [4.78, 5) is 11.4. The topological polar surface area (TPSA) is 37.3 Å². The normalized spacial score (nSPS) is 10.1. The van der Waals surface area contributed by atoms with Crippen molar-refractivity contribution in [1.29, 1.82) is 0 Å². The summed E-state index contributed by atoms with van der Waals surface area (Å²) < 4.78 is 0. The number of thiol groups is 1. The van der Waals surface area contributed by atoms with E-state index in [1.54, 1.807) is 0 Å². The van der Waals surface area contributed by atoms with E-state index in [0.717, 1.165) is 16.9 Å². The van der Waals surface area contributed by atoms with Gasteiger partial charge in [0, 0.05) is 11.3 Å². The zero-order valence-electron chi connectivity index (χ0n) is 8.16. The van der Waals surface area contributed by atoms with Crippen molar-refractivity contribution in [1.82, 2.24) is 0 Å². The Morgan fingerprint density at radius 2 is 2.14 bits per heavy atom. The van der Waals surface area contributed by atoms with E-state index in [1.807, 2.05) is 18.2 Å². The van der Waals surface area contributed by atoms with Gasteiger partial charge in [-0.25, -0.2) is 0 Å². The Morgan fingerprint density at radius 1 is 1.43 bits per heavy atom. The standard InChI is InChI=1S/C11H14O2S/c1-2-8-7-10(14)5-3-9(8)4-6-11(12)13/h3,5,7,14H,2,4,6H2,1H3,(H,12,13). The van der Waals surface area contributed by atoms with Gasteiger partial charge in [-0.1, -0.05) is 13.0 Å². The quantitative estimate of drug-likeness (QED) is 0.749. The van der Waals surface area contributed by atoms with Crippen LogP contribution < -0.4 is 0 Å². The monoisotopic (exact) mass is 210 g/mol. The number of carbonyl (C=O) groups is 1. The summed E-state index contributed by atoms with van der Waals surface area (Å²) in [5, 5.41) is 8.58. The molecule has 0 saturated carbocycles. The maximum atomic E-state index is 10.4. The summed E-state index contributed by atoms with van der Waals surface area (Å²) in [6.45, 7) is 2.06. The summed E-state index contributed by atoms with van der Waals surface area (Å²) in [6, 6.07) is 5.86. The minimum atomic E-state index is -0.748. The molecule has 1 N–H and O–H groups in total. The molecule has 76 valence electrons. The van der Waals surface area contributed by atoms with Gasteiger partial charge in [-0.05, 0) is 36.1 Å². The third-order valence-corrected chi connectivity index (χ3v) is 2.46. The summed E-state index contributed by atoms with van der Waals surface area (Å²) >= 11 is 4.25. The number of rotatable bonds is 4. The van der Waals surface area contributed by atoms with Gasteiger partial charge in [0.2, 0.25) is 0 Å². The van der Waals surface area contributed by atoms with E-state index in [2.05, 4.69) is 19.6 Å². The Hall–Kier alpha value is -0.960. The number of benzene rings is 1. The maximum absolute atomic E-state index is 10.4. The minimum Gasteiger partial charge on any atom is -0.481 e. The first kappa shape index (κ1) is 11.1. The maximum Gasteiger partial charge on any atom is 0.303 e. The highest BCUT2D eigenvalue weighted by molar-refractivity contribution is 7.80. The molecule has 0 radical (unpaired) electrons. The van der Waals surface area contributed by atoms with Crippen molar-refractivity contribution in [2.45, 2.75) is 31.1 Å². The van der Waals surface area contributed by atoms with E-state index in [4.69, 9.17) is 5.11 Å². The molecule has 0 unspecified atom stereocenters. The van der Waals surface area contributed by atoms with Crippen molar-refractivity contribution in [3.63, 3.8) is 0 Å². The molecule has 0 fully saturated rings. The molecule has 14 heavy (non-hydrogen) atoms. The Balaban J connectivity index is 2.80. The van der Waals surface area contributed by atoms with E-state index in [-0.39, 0.29) is 6.42 Å². The van der Waals surface area contributed by atoms with Gasteiger partial charge in [-0.3, -0.25) is 4.79 Å². The zero-order valence-corrected chi connectivity index (χ0v) is 9.05. The Labute approximate surface area is 89.4 Å². The van der Waals surface area contributed by atoms with Crippen LogP contribution in [-0.2, 0) is 17.6 Å². The molecule has 0 aliphatic heterocycles. The third kappa shape index (κ3) is 3.07. The lowest BCUT2D eigenvalue weighted by Gasteiger charge is -2.06. The highest BCUT2D eigenvalue weighted by atomic mass is 32.1. The molecule has 0 saturated heterocycles. The van der Waals surface area contributed by atoms with E-state index >= 15 is 0 Å². The van der Waals surface area contributed by atoms with Crippen molar-refractivity contribution in [3.8, 4) is 0 Å². The molecule has 0 aliphatic rings. The first-order valence-corrected chi connectivity index (χ1v) is 5.10. The molecule has 1 rings (SSSR count). The van der Waals surface area contributed by atoms with Crippen LogP contribution in [0.4, 0.5) is 0 Å². The fourth-order valence-corrected chi connectivity index (χ4v) is 1.66. The van der Waals surface area contributed by atoms with Crippen molar-refractivity contribution < 1.29 is 9.90 Å². The smallest absolute Gasteiger partial charge is 0.303 e. The average Bonchev–Trinajstić information content (AvgIpc) is 2.15. The molecule has 3 heteroatoms. The van der Waals surface area contributed by atoms with Crippen LogP contribution in [0.1, 0.15) is 24.5 Å². The number of aryl methyl sites for hydroxylation is 2. The van der Waals surface area contributed by atoms with Crippen LogP contribution in [0.5, 0.6) is 0 Å². The lowest BCUT2D eigenvalue weighted by Crippen LogP contribution is -2.00. The number of hydrogen-bond donors (Lipinski definition) is 2. The van der Waals surface area contributed by atoms with E-state index in [9.17, 15) is 4.79 Å². The summed E-state index contributed by atoms with van der Waals surface area (Å²) in [5.74, 6) is -0.748. The highest BCUT2D eigenvalue weighted by Gasteiger charge is 2.03. The first-order chi connectivity index (χ1) is 6.63. The van der Waals surface area contributed by atoms with E-state index in [0.29, 0.717) is 6.42 Å². The van der Waals surface area contributed by atoms with Crippen molar-refractivity contribution in [2.75, 3.05) is 0 Å². The molecule has 0 atom stereocenters. The van der Waals surface area contributed by atoms with Gasteiger partial charge in [0.25, 0.3) is 0 Å². The van der Waals surface area contributed by atoms with Gasteiger partial charge in [0.15, 0.2) is 0 Å². The summed E-state index contributed by atoms with van der Waals surface area (Å²) in [6.07, 6.45) is 1.72. The number of carboxylic acids is 1. The fraction of sp³-hybridized carbons (Fsp3) is 0.364. The third-order valence-electron chi connectivity index (χ3n) is 2.18. The lowest BCUT2D eigenvalue weighted by atomic mass is 10.0. The summed E-state index contributed by atoms with van der Waals surface area (Å²) in [7, 11) is 0. The van der Waals surface area contributed by atoms with E-state index < -0.39 is 5.97 Å². The second-order valence-corrected chi connectivity index (χ2v) is 3.72. The van der Waals surface area contributed by atoms with Crippen LogP contribution in [-0.4, -0.2) is 11.1 Å². The molecular formula is C11H14O2S. The van der Waals surface area contributed by atoms with Gasteiger partial charge in [-0.15, -0.1) is 12.6 Å². The van der Waals surface area contributed by atoms with Crippen molar-refractivity contribution >= 4 is 18.6 Å². The molecule has 2 nitrogen and oxygen atoms in total. The van der Waals surface area contributed by atoms with Crippen LogP contribution in [0, 0.1) is 0 Å². The SMILES string of the molecule is CCc1cc(S)ccc1CCC(=O)O. The summed E-state index contributed by atoms with van der Waals surface area (Å²) in [5.41, 5.74) is 2.31. The molecule has 0 bridgehead atoms. The number of hydrogen-bond acceptors (Lipinski definition) is 2. The van der Waals surface area contributed by atoms with Gasteiger partial charge in [0.1, 0.15) is 0 Å². The Kier molecular flexibility index (Phi) is 4.01. The van der Waals surface area contributed by atoms with Gasteiger partial charge in [0.05, 0.1) is 0 Å². The van der Waals surface area contributed by atoms with Gasteiger partial charge < -0.3 is 5.11 Å². The molecule has 0 amide bonds. The average molecular weight is 210 g/mol. The predicted octanol–water partition coefficient (Wildman–Crippen LogP) is 2.55. The number of carboxylic acid groups (broad SMARTS) is 1. The molecule has 1 aromatic carbocycles. The zero-order chi connectivity index (χ0) is 10.6. The van der Waals surface area contributed by atoms with Crippen molar-refractivity contribution in [3.05, 3.63) is 29.3 Å². The molecule has 0 aliphatic carbocycles. The lowest BCUT2D eigenvalue weighted by molar-refractivity contribution is -0.136. The largest absolute Gasteiger partial charge is 0.481 e. The molecule has 0 heterocycles. The molecule has 1 aromatic rings. The molecule has 0 spiro atoms. The molecule has 0 aromatic heterocycles. The molecular weight excluding hydrogens is 196 g/mol. The predicted molar refractivity (Wildman–Crippen MR) is 59.0 cm³/mol. The second kappa shape index (κ2) is 5.05. The minimum absolute atomic E-state index is 0.193. The van der Waals surface area contributed by atoms with Crippen LogP contribution in [0.2, 0.25) is 0 Å².